The molecule has 0 amide bonds. The van der Waals surface area contributed by atoms with Crippen molar-refractivity contribution in [2.75, 3.05) is 0 Å². The van der Waals surface area contributed by atoms with E-state index in [1.54, 1.807) is 11.3 Å². The Hall–Kier alpha value is -0.780. The molecule has 0 N–H and O–H groups in total. The van der Waals surface area contributed by atoms with Crippen LogP contribution in [-0.2, 0) is 0 Å². The van der Waals surface area contributed by atoms with Crippen molar-refractivity contribution >= 4 is 17.4 Å². The first-order valence-electron chi connectivity index (χ1n) is 2.75. The zero-order chi connectivity index (χ0) is 6.69. The van der Waals surface area contributed by atoms with Crippen molar-refractivity contribution in [1.82, 2.24) is 0 Å². The van der Waals surface area contributed by atoms with E-state index in [-0.39, 0.29) is 0 Å². The first-order chi connectivity index (χ1) is 4.33. The lowest BCUT2D eigenvalue weighted by atomic mass is 10.4. The van der Waals surface area contributed by atoms with Crippen LogP contribution in [0.2, 0.25) is 0 Å². The van der Waals surface area contributed by atoms with Crippen LogP contribution in [0.15, 0.2) is 24.4 Å². The molecule has 0 fully saturated rings. The third-order valence-electron chi connectivity index (χ3n) is 1.01. The Labute approximate surface area is 59.2 Å². The fourth-order valence-electron chi connectivity index (χ4n) is 0.632. The van der Waals surface area contributed by atoms with Crippen molar-refractivity contribution in [3.05, 3.63) is 34.2 Å². The Morgan fingerprint density at radius 2 is 2.44 bits per heavy atom. The number of thiophene rings is 1. The molecule has 0 radical (unpaired) electrons. The fraction of sp³-hybridized carbons (Fsp3) is 0.125. The second-order valence-electron chi connectivity index (χ2n) is 1.80. The Morgan fingerprint density at radius 1 is 1.67 bits per heavy atom. The molecule has 0 atom stereocenters. The molecule has 0 aliphatic rings. The maximum Gasteiger partial charge on any atom is 0.0349 e. The van der Waals surface area contributed by atoms with Crippen LogP contribution in [0.25, 0.3) is 6.08 Å². The van der Waals surface area contributed by atoms with E-state index in [1.807, 2.05) is 6.08 Å². The highest BCUT2D eigenvalue weighted by atomic mass is 32.1. The maximum atomic E-state index is 3.49. The van der Waals surface area contributed by atoms with E-state index in [2.05, 4.69) is 31.4 Å². The molecule has 0 nitrogen and oxygen atoms in total. The number of aryl methyl sites for hydroxylation is 1. The Bertz CT molecular complexity index is 239. The predicted octanol–water partition coefficient (Wildman–Crippen LogP) is 2.85. The van der Waals surface area contributed by atoms with Gasteiger partial charge in [0.1, 0.15) is 0 Å². The van der Waals surface area contributed by atoms with Gasteiger partial charge < -0.3 is 0 Å². The molecule has 1 rings (SSSR count). The molecule has 1 heterocycles. The van der Waals surface area contributed by atoms with Crippen molar-refractivity contribution < 1.29 is 0 Å². The Morgan fingerprint density at radius 3 is 2.89 bits per heavy atom. The lowest BCUT2D eigenvalue weighted by Crippen LogP contribution is -1.48. The van der Waals surface area contributed by atoms with Crippen molar-refractivity contribution in [3.63, 3.8) is 0 Å². The zero-order valence-electron chi connectivity index (χ0n) is 5.35. The van der Waals surface area contributed by atoms with Crippen LogP contribution < -0.4 is 0 Å². The first-order valence-corrected chi connectivity index (χ1v) is 3.57. The summed E-state index contributed by atoms with van der Waals surface area (Å²) >= 11 is 1.75. The van der Waals surface area contributed by atoms with Gasteiger partial charge in [0.15, 0.2) is 0 Å². The van der Waals surface area contributed by atoms with E-state index in [1.165, 1.54) is 9.75 Å². The Balaban J connectivity index is 2.97. The van der Waals surface area contributed by atoms with Gasteiger partial charge in [0.2, 0.25) is 0 Å². The van der Waals surface area contributed by atoms with E-state index >= 15 is 0 Å². The molecule has 0 saturated carbocycles. The van der Waals surface area contributed by atoms with Crippen LogP contribution in [-0.4, -0.2) is 0 Å². The smallest absolute Gasteiger partial charge is 0.0349 e. The molecule has 9 heavy (non-hydrogen) atoms. The van der Waals surface area contributed by atoms with E-state index in [9.17, 15) is 0 Å². The van der Waals surface area contributed by atoms with E-state index in [0.29, 0.717) is 0 Å². The van der Waals surface area contributed by atoms with Crippen molar-refractivity contribution in [1.29, 1.82) is 0 Å². The van der Waals surface area contributed by atoms with Gasteiger partial charge in [-0.25, -0.2) is 0 Å². The highest BCUT2D eigenvalue weighted by molar-refractivity contribution is 7.12. The lowest BCUT2D eigenvalue weighted by molar-refractivity contribution is 1.64. The average molecular weight is 136 g/mol. The number of rotatable bonds is 1. The lowest BCUT2D eigenvalue weighted by Gasteiger charge is -1.74. The van der Waals surface area contributed by atoms with Crippen LogP contribution in [0.3, 0.4) is 0 Å². The normalized spacial score (nSPS) is 8.56. The molecule has 0 aliphatic heterocycles. The third-order valence-corrected chi connectivity index (χ3v) is 1.95. The van der Waals surface area contributed by atoms with Crippen molar-refractivity contribution in [2.24, 2.45) is 0 Å². The second-order valence-corrected chi connectivity index (χ2v) is 3.12. The summed E-state index contributed by atoms with van der Waals surface area (Å²) in [7, 11) is 0. The summed E-state index contributed by atoms with van der Waals surface area (Å²) in [6.45, 7) is 5.58. The van der Waals surface area contributed by atoms with Gasteiger partial charge in [-0.05, 0) is 25.1 Å². The average Bonchev–Trinajstić information content (AvgIpc) is 2.17. The van der Waals surface area contributed by atoms with Gasteiger partial charge in [-0.2, -0.15) is 0 Å². The van der Waals surface area contributed by atoms with Crippen LogP contribution >= 0.6 is 11.3 Å². The van der Waals surface area contributed by atoms with E-state index in [0.717, 1.165) is 0 Å². The summed E-state index contributed by atoms with van der Waals surface area (Å²) in [5.41, 5.74) is 2.73. The molecule has 0 saturated heterocycles. The monoisotopic (exact) mass is 136 g/mol. The molecule has 46 valence electrons. The minimum Gasteiger partial charge on any atom is -0.141 e. The van der Waals surface area contributed by atoms with Gasteiger partial charge in [-0.15, -0.1) is 17.1 Å². The van der Waals surface area contributed by atoms with Crippen molar-refractivity contribution in [2.45, 2.75) is 6.92 Å². The summed E-state index contributed by atoms with van der Waals surface area (Å²) in [4.78, 5) is 2.55. The highest BCUT2D eigenvalue weighted by Gasteiger charge is 1.87. The highest BCUT2D eigenvalue weighted by Crippen LogP contribution is 2.15. The van der Waals surface area contributed by atoms with Crippen molar-refractivity contribution in [3.8, 4) is 0 Å². The summed E-state index contributed by atoms with van der Waals surface area (Å²) in [6, 6.07) is 4.16. The molecule has 0 spiro atoms. The quantitative estimate of drug-likeness (QED) is 0.521. The molecule has 0 unspecified atom stereocenters. The largest absolute Gasteiger partial charge is 0.141 e. The van der Waals surface area contributed by atoms with Crippen LogP contribution in [0.5, 0.6) is 0 Å². The molecule has 1 heteroatoms. The molecule has 0 aromatic carbocycles. The zero-order valence-corrected chi connectivity index (χ0v) is 6.16. The molecule has 1 aromatic rings. The van der Waals surface area contributed by atoms with Crippen LogP contribution in [0, 0.1) is 6.92 Å². The molecule has 0 bridgehead atoms. The SMILES string of the molecule is C=C=Cc1ccc(C)s1. The van der Waals surface area contributed by atoms with Gasteiger partial charge in [0, 0.05) is 9.75 Å². The van der Waals surface area contributed by atoms with E-state index < -0.39 is 0 Å². The predicted molar refractivity (Wildman–Crippen MR) is 42.7 cm³/mol. The van der Waals surface area contributed by atoms with Gasteiger partial charge in [0.05, 0.1) is 0 Å². The van der Waals surface area contributed by atoms with Gasteiger partial charge >= 0.3 is 0 Å². The molecule has 1 aromatic heterocycles. The Kier molecular flexibility index (Phi) is 1.88. The van der Waals surface area contributed by atoms with Crippen LogP contribution in [0.4, 0.5) is 0 Å². The standard InChI is InChI=1S/C8H8S/c1-3-4-8-6-5-7(2)9-8/h4-6H,1H2,2H3. The molecular weight excluding hydrogens is 128 g/mol. The summed E-state index contributed by atoms with van der Waals surface area (Å²) < 4.78 is 0. The number of hydrogen-bond donors (Lipinski definition) is 0. The summed E-state index contributed by atoms with van der Waals surface area (Å²) in [5, 5.41) is 0. The second kappa shape index (κ2) is 2.67. The fourth-order valence-corrected chi connectivity index (χ4v) is 1.42. The van der Waals surface area contributed by atoms with Gasteiger partial charge in [-0.3, -0.25) is 0 Å². The number of hydrogen-bond acceptors (Lipinski definition) is 1. The summed E-state index contributed by atoms with van der Waals surface area (Å²) in [5.74, 6) is 0. The third kappa shape index (κ3) is 1.56. The van der Waals surface area contributed by atoms with E-state index in [4.69, 9.17) is 0 Å². The summed E-state index contributed by atoms with van der Waals surface area (Å²) in [6.07, 6.45) is 1.89. The van der Waals surface area contributed by atoms with Crippen LogP contribution in [0.1, 0.15) is 9.75 Å². The first kappa shape index (κ1) is 6.34. The molecular formula is C8H8S. The topological polar surface area (TPSA) is 0 Å². The minimum absolute atomic E-state index is 1.22. The maximum absolute atomic E-state index is 3.49. The minimum atomic E-state index is 1.22. The van der Waals surface area contributed by atoms with Gasteiger partial charge in [0.25, 0.3) is 0 Å². The van der Waals surface area contributed by atoms with Gasteiger partial charge in [-0.1, -0.05) is 6.58 Å². The molecule has 0 aliphatic carbocycles.